The van der Waals surface area contributed by atoms with Gasteiger partial charge in [0.15, 0.2) is 0 Å². The van der Waals surface area contributed by atoms with Crippen LogP contribution in [0.15, 0.2) is 0 Å². The van der Waals surface area contributed by atoms with E-state index >= 15 is 0 Å². The first kappa shape index (κ1) is 21.3. The van der Waals surface area contributed by atoms with Crippen LogP contribution in [0.1, 0.15) is 48.0 Å². The molecule has 0 aliphatic carbocycles. The Morgan fingerprint density at radius 3 is 2.36 bits per heavy atom. The van der Waals surface area contributed by atoms with Crippen LogP contribution in [0.4, 0.5) is 4.39 Å². The monoisotopic (exact) mass is 320 g/mol. The molecule has 0 radical (unpaired) electrons. The molecular formula is C16H33FN2O3. The molecule has 0 saturated heterocycles. The van der Waals surface area contributed by atoms with Crippen molar-refractivity contribution in [3.05, 3.63) is 0 Å². The summed E-state index contributed by atoms with van der Waals surface area (Å²) in [5, 5.41) is 5.83. The maximum absolute atomic E-state index is 13.5. The van der Waals surface area contributed by atoms with Crippen molar-refractivity contribution in [3.8, 4) is 0 Å². The molecular weight excluding hydrogens is 287 g/mol. The maximum atomic E-state index is 13.5. The summed E-state index contributed by atoms with van der Waals surface area (Å²) in [7, 11) is 0. The van der Waals surface area contributed by atoms with Crippen molar-refractivity contribution in [2.24, 2.45) is 0 Å². The molecule has 0 aromatic carbocycles. The number of ether oxygens (including phenoxy) is 2. The molecule has 1 unspecified atom stereocenters. The second-order valence-corrected chi connectivity index (χ2v) is 7.41. The van der Waals surface area contributed by atoms with E-state index in [2.05, 4.69) is 10.6 Å². The lowest BCUT2D eigenvalue weighted by Gasteiger charge is -2.22. The van der Waals surface area contributed by atoms with Gasteiger partial charge in [-0.25, -0.2) is 4.39 Å². The molecule has 0 saturated carbocycles. The van der Waals surface area contributed by atoms with E-state index in [1.165, 1.54) is 0 Å². The molecule has 0 aliphatic rings. The third-order valence-corrected chi connectivity index (χ3v) is 2.58. The van der Waals surface area contributed by atoms with Gasteiger partial charge in [-0.15, -0.1) is 0 Å². The van der Waals surface area contributed by atoms with Crippen molar-refractivity contribution >= 4 is 5.91 Å². The second kappa shape index (κ2) is 10.1. The molecule has 0 aromatic heterocycles. The predicted molar refractivity (Wildman–Crippen MR) is 86.8 cm³/mol. The van der Waals surface area contributed by atoms with Crippen molar-refractivity contribution < 1.29 is 18.7 Å². The first-order chi connectivity index (χ1) is 9.99. The van der Waals surface area contributed by atoms with Crippen LogP contribution < -0.4 is 10.6 Å². The molecule has 5 nitrogen and oxygen atoms in total. The number of carbonyl (C=O) groups is 1. The first-order valence-corrected chi connectivity index (χ1v) is 7.87. The molecule has 0 heterocycles. The Hall–Kier alpha value is -0.720. The van der Waals surface area contributed by atoms with E-state index < -0.39 is 6.17 Å². The minimum atomic E-state index is -1.02. The Bertz CT molecular complexity index is 311. The van der Waals surface area contributed by atoms with E-state index in [9.17, 15) is 9.18 Å². The molecule has 132 valence electrons. The molecule has 0 rings (SSSR count). The number of rotatable bonds is 10. The smallest absolute Gasteiger partial charge is 0.246 e. The molecule has 0 bridgehead atoms. The molecule has 0 aromatic rings. The summed E-state index contributed by atoms with van der Waals surface area (Å²) in [6, 6.07) is 0. The van der Waals surface area contributed by atoms with Gasteiger partial charge in [-0.3, -0.25) is 4.79 Å². The van der Waals surface area contributed by atoms with Crippen molar-refractivity contribution in [2.45, 2.75) is 65.3 Å². The number of amides is 1. The Labute approximate surface area is 134 Å². The highest BCUT2D eigenvalue weighted by molar-refractivity contribution is 5.77. The van der Waals surface area contributed by atoms with E-state index in [0.29, 0.717) is 19.6 Å². The summed E-state index contributed by atoms with van der Waals surface area (Å²) >= 11 is 0. The number of hydrogen-bond donors (Lipinski definition) is 2. The minimum absolute atomic E-state index is 0.0510. The van der Waals surface area contributed by atoms with Gasteiger partial charge in [0.1, 0.15) is 12.8 Å². The standard InChI is InChI=1S/C16H33FN2O3/c1-15(2,3)19-10-13(17)11-21-9-7-8-18-14(20)12-22-16(4,5)6/h13,19H,7-12H2,1-6H3,(H,18,20). The number of nitrogens with one attached hydrogen (secondary N) is 2. The van der Waals surface area contributed by atoms with Crippen molar-refractivity contribution in [2.75, 3.05) is 32.9 Å². The van der Waals surface area contributed by atoms with Gasteiger partial charge in [0.2, 0.25) is 5.91 Å². The lowest BCUT2D eigenvalue weighted by molar-refractivity contribution is -0.130. The maximum Gasteiger partial charge on any atom is 0.246 e. The fraction of sp³-hybridized carbons (Fsp3) is 0.938. The highest BCUT2D eigenvalue weighted by atomic mass is 19.1. The van der Waals surface area contributed by atoms with Gasteiger partial charge in [0.25, 0.3) is 0 Å². The quantitative estimate of drug-likeness (QED) is 0.605. The fourth-order valence-corrected chi connectivity index (χ4v) is 1.42. The summed E-state index contributed by atoms with van der Waals surface area (Å²) in [5.41, 5.74) is -0.415. The van der Waals surface area contributed by atoms with Crippen LogP contribution in [0, 0.1) is 0 Å². The predicted octanol–water partition coefficient (Wildman–Crippen LogP) is 2.05. The summed E-state index contributed by atoms with van der Waals surface area (Å²) in [6.45, 7) is 13.0. The largest absolute Gasteiger partial charge is 0.378 e. The van der Waals surface area contributed by atoms with E-state index in [0.717, 1.165) is 0 Å². The van der Waals surface area contributed by atoms with Gasteiger partial charge in [-0.2, -0.15) is 0 Å². The molecule has 1 atom stereocenters. The Balaban J connectivity index is 3.48. The molecule has 1 amide bonds. The lowest BCUT2D eigenvalue weighted by Crippen LogP contribution is -2.40. The second-order valence-electron chi connectivity index (χ2n) is 7.41. The van der Waals surface area contributed by atoms with Crippen LogP contribution in [-0.4, -0.2) is 56.1 Å². The summed E-state index contributed by atoms with van der Waals surface area (Å²) in [6.07, 6.45) is -0.366. The van der Waals surface area contributed by atoms with Crippen LogP contribution >= 0.6 is 0 Å². The lowest BCUT2D eigenvalue weighted by atomic mass is 10.1. The topological polar surface area (TPSA) is 59.6 Å². The molecule has 2 N–H and O–H groups in total. The van der Waals surface area contributed by atoms with Gasteiger partial charge in [-0.05, 0) is 48.0 Å². The molecule has 0 fully saturated rings. The van der Waals surface area contributed by atoms with Crippen LogP contribution in [-0.2, 0) is 14.3 Å². The Morgan fingerprint density at radius 2 is 1.82 bits per heavy atom. The van der Waals surface area contributed by atoms with E-state index in [1.54, 1.807) is 0 Å². The number of hydrogen-bond acceptors (Lipinski definition) is 4. The fourth-order valence-electron chi connectivity index (χ4n) is 1.42. The molecule has 0 aliphatic heterocycles. The zero-order chi connectivity index (χ0) is 17.2. The first-order valence-electron chi connectivity index (χ1n) is 7.87. The Kier molecular flexibility index (Phi) is 9.80. The van der Waals surface area contributed by atoms with Gasteiger partial charge in [0.05, 0.1) is 12.2 Å². The highest BCUT2D eigenvalue weighted by Gasteiger charge is 2.14. The highest BCUT2D eigenvalue weighted by Crippen LogP contribution is 2.05. The van der Waals surface area contributed by atoms with Crippen LogP contribution in [0.5, 0.6) is 0 Å². The minimum Gasteiger partial charge on any atom is -0.378 e. The van der Waals surface area contributed by atoms with Gasteiger partial charge in [-0.1, -0.05) is 0 Å². The SMILES string of the molecule is CC(C)(C)NCC(F)COCCCNC(=O)COC(C)(C)C. The number of halogens is 1. The summed E-state index contributed by atoms with van der Waals surface area (Å²) in [4.78, 5) is 11.5. The molecule has 6 heteroatoms. The normalized spacial score (nSPS) is 14.0. The third-order valence-electron chi connectivity index (χ3n) is 2.58. The molecule has 0 spiro atoms. The van der Waals surface area contributed by atoms with E-state index in [1.807, 2.05) is 41.5 Å². The van der Waals surface area contributed by atoms with Crippen molar-refractivity contribution in [1.29, 1.82) is 0 Å². The van der Waals surface area contributed by atoms with Gasteiger partial charge < -0.3 is 20.1 Å². The van der Waals surface area contributed by atoms with E-state index in [-0.39, 0.29) is 36.8 Å². The molecule has 22 heavy (non-hydrogen) atoms. The zero-order valence-electron chi connectivity index (χ0n) is 14.9. The van der Waals surface area contributed by atoms with Gasteiger partial charge >= 0.3 is 0 Å². The van der Waals surface area contributed by atoms with Crippen LogP contribution in [0.3, 0.4) is 0 Å². The average Bonchev–Trinajstić information content (AvgIpc) is 2.36. The number of carbonyl (C=O) groups excluding carboxylic acids is 1. The third kappa shape index (κ3) is 15.7. The van der Waals surface area contributed by atoms with E-state index in [4.69, 9.17) is 9.47 Å². The van der Waals surface area contributed by atoms with Crippen LogP contribution in [0.2, 0.25) is 0 Å². The summed E-state index contributed by atoms with van der Waals surface area (Å²) in [5.74, 6) is -0.146. The zero-order valence-corrected chi connectivity index (χ0v) is 14.9. The summed E-state index contributed by atoms with van der Waals surface area (Å²) < 4.78 is 24.1. The Morgan fingerprint density at radius 1 is 1.18 bits per heavy atom. The number of alkyl halides is 1. The van der Waals surface area contributed by atoms with Crippen molar-refractivity contribution in [3.63, 3.8) is 0 Å². The van der Waals surface area contributed by atoms with Crippen molar-refractivity contribution in [1.82, 2.24) is 10.6 Å². The van der Waals surface area contributed by atoms with Crippen LogP contribution in [0.25, 0.3) is 0 Å². The van der Waals surface area contributed by atoms with Gasteiger partial charge in [0, 0.05) is 25.2 Å². The average molecular weight is 320 g/mol.